The number of carbonyl (C=O) groups excluding carboxylic acids is 3. The van der Waals surface area contributed by atoms with Gasteiger partial charge in [-0.25, -0.2) is 4.79 Å². The number of allylic oxidation sites excluding steroid dienone is 12. The summed E-state index contributed by atoms with van der Waals surface area (Å²) >= 11 is 0. The van der Waals surface area contributed by atoms with E-state index in [4.69, 9.17) is 14.9 Å². The molecular weight excluding hydrogens is 753 g/mol. The number of nitrogens with one attached hydrogen (secondary N) is 2. The molecule has 0 saturated carbocycles. The zero-order valence-electron chi connectivity index (χ0n) is 37.9. The lowest BCUT2D eigenvalue weighted by molar-refractivity contribution is -0.150. The normalized spacial score (nSPS) is 13.1. The van der Waals surface area contributed by atoms with Crippen LogP contribution in [0.25, 0.3) is 0 Å². The van der Waals surface area contributed by atoms with Gasteiger partial charge in [-0.05, 0) is 109 Å². The van der Waals surface area contributed by atoms with Crippen LogP contribution in [-0.2, 0) is 23.9 Å². The average molecular weight is 839 g/mol. The topological polar surface area (TPSA) is 142 Å². The molecular formula is C51H86N2O7. The SMILES string of the molecule is CC/C=C\C/C=C\C/C=C\C/C=C\CCCCC(CCCCCCCC(=O)NCC(=O)NC(CO)C(=O)O)OC(=O)CCCCCCCCC/C=C\C/C=C\CCCCC. The van der Waals surface area contributed by atoms with Crippen LogP contribution < -0.4 is 10.6 Å². The van der Waals surface area contributed by atoms with Crippen LogP contribution in [0.4, 0.5) is 0 Å². The van der Waals surface area contributed by atoms with E-state index >= 15 is 0 Å². The average Bonchev–Trinajstić information content (AvgIpc) is 3.23. The van der Waals surface area contributed by atoms with Crippen molar-refractivity contribution in [2.75, 3.05) is 13.2 Å². The molecule has 0 rings (SSSR count). The van der Waals surface area contributed by atoms with E-state index in [1.807, 2.05) is 0 Å². The fraction of sp³-hybridized carbons (Fsp3) is 0.686. The Hall–Kier alpha value is -3.72. The number of unbranched alkanes of at least 4 members (excludes halogenated alkanes) is 16. The number of aliphatic hydroxyl groups is 1. The summed E-state index contributed by atoms with van der Waals surface area (Å²) in [4.78, 5) is 47.7. The Morgan fingerprint density at radius 3 is 1.47 bits per heavy atom. The molecule has 0 heterocycles. The van der Waals surface area contributed by atoms with Crippen LogP contribution in [0.1, 0.15) is 200 Å². The Labute approximate surface area is 365 Å². The molecule has 2 unspecified atom stereocenters. The third kappa shape index (κ3) is 41.0. The highest BCUT2D eigenvalue weighted by molar-refractivity contribution is 5.87. The van der Waals surface area contributed by atoms with Gasteiger partial charge in [0.05, 0.1) is 13.2 Å². The van der Waals surface area contributed by atoms with Crippen LogP contribution in [0.5, 0.6) is 0 Å². The fourth-order valence-electron chi connectivity index (χ4n) is 6.56. The minimum absolute atomic E-state index is 0.0609. The summed E-state index contributed by atoms with van der Waals surface area (Å²) in [5, 5.41) is 22.6. The second-order valence-corrected chi connectivity index (χ2v) is 15.8. The van der Waals surface area contributed by atoms with Crippen molar-refractivity contribution in [1.29, 1.82) is 0 Å². The predicted octanol–water partition coefficient (Wildman–Crippen LogP) is 12.3. The molecule has 4 N–H and O–H groups in total. The minimum atomic E-state index is -1.39. The second-order valence-electron chi connectivity index (χ2n) is 15.8. The molecule has 0 fully saturated rings. The highest BCUT2D eigenvalue weighted by Crippen LogP contribution is 2.18. The molecule has 0 aromatic heterocycles. The summed E-state index contributed by atoms with van der Waals surface area (Å²) in [6.45, 7) is 3.34. The molecule has 2 atom stereocenters. The van der Waals surface area contributed by atoms with Gasteiger partial charge in [-0.15, -0.1) is 0 Å². The van der Waals surface area contributed by atoms with Crippen molar-refractivity contribution >= 4 is 23.8 Å². The minimum Gasteiger partial charge on any atom is -0.480 e. The first-order valence-electron chi connectivity index (χ1n) is 23.8. The Kier molecular flexibility index (Phi) is 42.0. The van der Waals surface area contributed by atoms with E-state index in [0.717, 1.165) is 109 Å². The van der Waals surface area contributed by atoms with Crippen LogP contribution in [0.2, 0.25) is 0 Å². The number of carbonyl (C=O) groups is 4. The van der Waals surface area contributed by atoms with Crippen molar-refractivity contribution in [3.8, 4) is 0 Å². The molecule has 9 nitrogen and oxygen atoms in total. The number of ether oxygens (including phenoxy) is 1. The number of amides is 2. The molecule has 0 aliphatic carbocycles. The lowest BCUT2D eigenvalue weighted by Crippen LogP contribution is -2.47. The van der Waals surface area contributed by atoms with Gasteiger partial charge in [0.1, 0.15) is 12.1 Å². The number of hydrogen-bond donors (Lipinski definition) is 4. The Balaban J connectivity index is 4.43. The first kappa shape index (κ1) is 56.3. The van der Waals surface area contributed by atoms with Gasteiger partial charge in [-0.2, -0.15) is 0 Å². The summed E-state index contributed by atoms with van der Waals surface area (Å²) < 4.78 is 6.03. The quantitative estimate of drug-likeness (QED) is 0.0272. The summed E-state index contributed by atoms with van der Waals surface area (Å²) in [5.41, 5.74) is 0. The van der Waals surface area contributed by atoms with E-state index in [1.165, 1.54) is 57.8 Å². The molecule has 0 bridgehead atoms. The van der Waals surface area contributed by atoms with Crippen molar-refractivity contribution in [2.24, 2.45) is 0 Å². The number of aliphatic carboxylic acids is 1. The van der Waals surface area contributed by atoms with Gasteiger partial charge < -0.3 is 25.6 Å². The van der Waals surface area contributed by atoms with E-state index in [9.17, 15) is 19.2 Å². The molecule has 0 aromatic rings. The number of aliphatic hydroxyl groups excluding tert-OH is 1. The molecule has 0 radical (unpaired) electrons. The van der Waals surface area contributed by atoms with Crippen LogP contribution in [0, 0.1) is 0 Å². The van der Waals surface area contributed by atoms with E-state index in [0.29, 0.717) is 12.8 Å². The van der Waals surface area contributed by atoms with E-state index in [1.54, 1.807) is 0 Å². The van der Waals surface area contributed by atoms with Crippen LogP contribution in [-0.4, -0.2) is 59.3 Å². The molecule has 0 aliphatic heterocycles. The van der Waals surface area contributed by atoms with E-state index in [-0.39, 0.29) is 30.9 Å². The fourth-order valence-corrected chi connectivity index (χ4v) is 6.56. The molecule has 0 aliphatic rings. The van der Waals surface area contributed by atoms with E-state index < -0.39 is 24.5 Å². The third-order valence-corrected chi connectivity index (χ3v) is 10.2. The Morgan fingerprint density at radius 1 is 0.517 bits per heavy atom. The number of esters is 1. The molecule has 0 aromatic carbocycles. The van der Waals surface area contributed by atoms with Crippen molar-refractivity contribution in [2.45, 2.75) is 212 Å². The Morgan fingerprint density at radius 2 is 0.950 bits per heavy atom. The zero-order valence-corrected chi connectivity index (χ0v) is 37.9. The van der Waals surface area contributed by atoms with Gasteiger partial charge in [0, 0.05) is 12.8 Å². The molecule has 9 heteroatoms. The van der Waals surface area contributed by atoms with Crippen LogP contribution in [0.15, 0.2) is 72.9 Å². The van der Waals surface area contributed by atoms with Gasteiger partial charge in [-0.1, -0.05) is 151 Å². The van der Waals surface area contributed by atoms with Crippen molar-refractivity contribution in [1.82, 2.24) is 10.6 Å². The lowest BCUT2D eigenvalue weighted by Gasteiger charge is -2.18. The first-order chi connectivity index (χ1) is 29.3. The smallest absolute Gasteiger partial charge is 0.328 e. The van der Waals surface area contributed by atoms with Gasteiger partial charge in [0.2, 0.25) is 11.8 Å². The number of carboxylic acids is 1. The lowest BCUT2D eigenvalue weighted by atomic mass is 10.0. The van der Waals surface area contributed by atoms with Crippen molar-refractivity contribution < 1.29 is 34.1 Å². The maximum Gasteiger partial charge on any atom is 0.328 e. The molecule has 0 spiro atoms. The van der Waals surface area contributed by atoms with Gasteiger partial charge in [-0.3, -0.25) is 14.4 Å². The standard InChI is InChI=1S/C51H86N2O7/c1-3-5-7-9-11-13-15-17-19-20-22-24-26-28-30-35-39-43-50(57)60-46(40-36-32-29-27-25-23-21-18-16-14-12-10-8-6-4-2)41-37-33-31-34-38-42-48(55)52-44-49(56)53-47(45-54)51(58)59/h6,8,11-14,17-19,21,25,27,46-47,54H,3-5,7,9-10,15-16,20,22-24,26,28-45H2,1-2H3,(H,52,55)(H,53,56)(H,58,59)/b8-6-,13-11-,14-12-,19-17-,21-18-,27-25-. The van der Waals surface area contributed by atoms with Gasteiger partial charge >= 0.3 is 11.9 Å². The highest BCUT2D eigenvalue weighted by atomic mass is 16.5. The van der Waals surface area contributed by atoms with Crippen LogP contribution >= 0.6 is 0 Å². The maximum absolute atomic E-state index is 12.8. The number of rotatable bonds is 42. The molecule has 2 amide bonds. The molecule has 0 saturated heterocycles. The summed E-state index contributed by atoms with van der Waals surface area (Å²) in [6.07, 6.45) is 56.4. The maximum atomic E-state index is 12.8. The van der Waals surface area contributed by atoms with Crippen LogP contribution in [0.3, 0.4) is 0 Å². The highest BCUT2D eigenvalue weighted by Gasteiger charge is 2.19. The van der Waals surface area contributed by atoms with Gasteiger partial charge in [0.25, 0.3) is 0 Å². The molecule has 342 valence electrons. The van der Waals surface area contributed by atoms with Crippen molar-refractivity contribution in [3.63, 3.8) is 0 Å². The zero-order chi connectivity index (χ0) is 44.0. The van der Waals surface area contributed by atoms with Crippen molar-refractivity contribution in [3.05, 3.63) is 72.9 Å². The monoisotopic (exact) mass is 839 g/mol. The largest absolute Gasteiger partial charge is 0.480 e. The number of hydrogen-bond acceptors (Lipinski definition) is 6. The predicted molar refractivity (Wildman–Crippen MR) is 250 cm³/mol. The molecule has 60 heavy (non-hydrogen) atoms. The summed E-state index contributed by atoms with van der Waals surface area (Å²) in [5.74, 6) is -2.34. The van der Waals surface area contributed by atoms with E-state index in [2.05, 4.69) is 97.4 Å². The number of carboxylic acid groups (broad SMARTS) is 1. The summed E-state index contributed by atoms with van der Waals surface area (Å²) in [7, 11) is 0. The summed E-state index contributed by atoms with van der Waals surface area (Å²) in [6, 6.07) is -1.39. The Bertz CT molecular complexity index is 1240. The first-order valence-corrected chi connectivity index (χ1v) is 23.8. The second kappa shape index (κ2) is 44.8. The third-order valence-electron chi connectivity index (χ3n) is 10.2. The van der Waals surface area contributed by atoms with Gasteiger partial charge in [0.15, 0.2) is 0 Å².